The Morgan fingerprint density at radius 2 is 1.55 bits per heavy atom. The molecule has 22 heavy (non-hydrogen) atoms. The van der Waals surface area contributed by atoms with Crippen LogP contribution in [0.1, 0.15) is 47.1 Å². The van der Waals surface area contributed by atoms with E-state index in [2.05, 4.69) is 52.7 Å². The van der Waals surface area contributed by atoms with Crippen molar-refractivity contribution in [3.8, 4) is 0 Å². The van der Waals surface area contributed by atoms with Crippen molar-refractivity contribution in [2.45, 2.75) is 58.2 Å². The lowest BCUT2D eigenvalue weighted by atomic mass is 10.2. The van der Waals surface area contributed by atoms with E-state index in [1.165, 1.54) is 0 Å². The largest absolute Gasteiger partial charge is 0.372 e. The number of rotatable bonds is 4. The second-order valence-electron chi connectivity index (χ2n) is 7.16. The monoisotopic (exact) mass is 338 g/mol. The minimum absolute atomic E-state index is 0.261. The van der Waals surface area contributed by atoms with Crippen LogP contribution in [0.25, 0.3) is 10.9 Å². The molecule has 1 aromatic carbocycles. The van der Waals surface area contributed by atoms with E-state index in [9.17, 15) is 4.39 Å². The topological polar surface area (TPSA) is 4.93 Å². The molecule has 0 unspecified atom stereocenters. The summed E-state index contributed by atoms with van der Waals surface area (Å²) < 4.78 is 16.5. The molecule has 0 N–H and O–H groups in total. The molecule has 1 nitrogen and oxygen atoms in total. The van der Waals surface area contributed by atoms with Crippen LogP contribution in [0.2, 0.25) is 21.6 Å². The molecule has 0 atom stereocenters. The number of fused-ring (bicyclic) bond motifs is 1. The Bertz CT molecular complexity index is 666. The quantitative estimate of drug-likeness (QED) is 0.550. The maximum atomic E-state index is 14.1. The summed E-state index contributed by atoms with van der Waals surface area (Å²) in [5.74, 6) is -0.261. The van der Waals surface area contributed by atoms with Gasteiger partial charge in [0.05, 0.1) is 5.02 Å². The number of hydrogen-bond donors (Lipinski definition) is 0. The van der Waals surface area contributed by atoms with E-state index in [4.69, 9.17) is 11.6 Å². The van der Waals surface area contributed by atoms with Crippen LogP contribution in [0.5, 0.6) is 0 Å². The van der Waals surface area contributed by atoms with Crippen molar-refractivity contribution < 1.29 is 4.39 Å². The minimum atomic E-state index is -1.94. The third kappa shape index (κ3) is 2.43. The average molecular weight is 339 g/mol. The Hall–Kier alpha value is -0.803. The van der Waals surface area contributed by atoms with Crippen molar-refractivity contribution in [2.75, 3.05) is 0 Å². The summed E-state index contributed by atoms with van der Waals surface area (Å²) >= 11 is 6.47. The fourth-order valence-electron chi connectivity index (χ4n) is 4.41. The molecule has 1 radical (unpaired) electrons. The number of benzene rings is 1. The van der Waals surface area contributed by atoms with Gasteiger partial charge in [-0.3, -0.25) is 0 Å². The van der Waals surface area contributed by atoms with Gasteiger partial charge in [-0.25, -0.2) is 4.39 Å². The molecule has 0 amide bonds. The van der Waals surface area contributed by atoms with Crippen molar-refractivity contribution in [1.29, 1.82) is 0 Å². The highest BCUT2D eigenvalue weighted by Gasteiger charge is 2.46. The summed E-state index contributed by atoms with van der Waals surface area (Å²) in [5, 5.41) is 1.60. The molecule has 0 spiro atoms. The summed E-state index contributed by atoms with van der Waals surface area (Å²) in [6.07, 6.45) is 2.03. The summed E-state index contributed by atoms with van der Waals surface area (Å²) in [5.41, 5.74) is 2.90. The van der Waals surface area contributed by atoms with Gasteiger partial charge in [-0.15, -0.1) is 0 Å². The summed E-state index contributed by atoms with van der Waals surface area (Å²) in [7, 11) is -1.94. The van der Waals surface area contributed by atoms with E-state index < -0.39 is 8.24 Å². The van der Waals surface area contributed by atoms with Crippen molar-refractivity contribution in [3.63, 3.8) is 0 Å². The normalized spacial score (nSPS) is 13.1. The second-order valence-corrected chi connectivity index (χ2v) is 13.3. The van der Waals surface area contributed by atoms with Crippen LogP contribution >= 0.6 is 11.6 Å². The van der Waals surface area contributed by atoms with Gasteiger partial charge >= 0.3 is 0 Å². The van der Waals surface area contributed by atoms with E-state index in [1.807, 2.05) is 6.20 Å². The van der Waals surface area contributed by atoms with Gasteiger partial charge in [0, 0.05) is 17.1 Å². The lowest BCUT2D eigenvalue weighted by molar-refractivity contribution is 0.624. The molecule has 0 aliphatic rings. The average Bonchev–Trinajstić information content (AvgIpc) is 2.67. The molecular weight excluding hydrogens is 313 g/mol. The van der Waals surface area contributed by atoms with Crippen LogP contribution in [0, 0.1) is 12.7 Å². The predicted molar refractivity (Wildman–Crippen MR) is 97.8 cm³/mol. The van der Waals surface area contributed by atoms with E-state index >= 15 is 0 Å². The Balaban J connectivity index is 2.89. The van der Waals surface area contributed by atoms with Crippen molar-refractivity contribution >= 4 is 30.7 Å². The zero-order valence-electron chi connectivity index (χ0n) is 14.4. The first-order valence-corrected chi connectivity index (χ1v) is 10.5. The maximum absolute atomic E-state index is 14.1. The zero-order chi connectivity index (χ0) is 16.8. The lowest BCUT2D eigenvalue weighted by Crippen LogP contribution is -2.51. The second kappa shape index (κ2) is 6.01. The van der Waals surface area contributed by atoms with E-state index in [0.717, 1.165) is 10.9 Å². The highest BCUT2D eigenvalue weighted by molar-refractivity contribution is 6.82. The van der Waals surface area contributed by atoms with Gasteiger partial charge < -0.3 is 4.23 Å². The van der Waals surface area contributed by atoms with Crippen LogP contribution in [0.4, 0.5) is 4.39 Å². The molecule has 0 saturated heterocycles. The Kier molecular flexibility index (Phi) is 4.79. The minimum Gasteiger partial charge on any atom is -0.372 e. The molecule has 0 aliphatic carbocycles. The summed E-state index contributed by atoms with van der Waals surface area (Å²) in [4.78, 5) is 0. The highest BCUT2D eigenvalue weighted by atomic mass is 35.5. The standard InChI is InChI=1S/C18H26ClFNSi/c1-11(2)22(12(3)4,13(5)6)21-10-16(19)15-8-14(7)17(20)9-18(15)21/h8-13H,7H2,1-6H3. The number of hydrogen-bond acceptors (Lipinski definition) is 0. The molecule has 0 aliphatic heterocycles. The molecule has 1 heterocycles. The van der Waals surface area contributed by atoms with Gasteiger partial charge in [-0.05, 0) is 41.2 Å². The van der Waals surface area contributed by atoms with Crippen LogP contribution in [-0.4, -0.2) is 12.5 Å². The maximum Gasteiger partial charge on any atom is 0.169 e. The zero-order valence-corrected chi connectivity index (χ0v) is 16.1. The van der Waals surface area contributed by atoms with Crippen LogP contribution in [0.3, 0.4) is 0 Å². The fraction of sp³-hybridized carbons (Fsp3) is 0.500. The van der Waals surface area contributed by atoms with Crippen LogP contribution in [-0.2, 0) is 0 Å². The summed E-state index contributed by atoms with van der Waals surface area (Å²) in [6.45, 7) is 17.5. The Morgan fingerprint density at radius 1 is 1.05 bits per heavy atom. The van der Waals surface area contributed by atoms with Gasteiger partial charge in [-0.2, -0.15) is 0 Å². The predicted octanol–water partition coefficient (Wildman–Crippen LogP) is 6.64. The van der Waals surface area contributed by atoms with E-state index in [0.29, 0.717) is 27.2 Å². The van der Waals surface area contributed by atoms with E-state index in [-0.39, 0.29) is 5.82 Å². The lowest BCUT2D eigenvalue weighted by Gasteiger charge is -2.44. The molecule has 0 fully saturated rings. The smallest absolute Gasteiger partial charge is 0.169 e. The molecule has 2 aromatic rings. The number of halogens is 2. The van der Waals surface area contributed by atoms with Gasteiger partial charge in [0.25, 0.3) is 0 Å². The highest BCUT2D eigenvalue weighted by Crippen LogP contribution is 2.45. The molecule has 121 valence electrons. The Labute approximate surface area is 139 Å². The molecule has 4 heteroatoms. The van der Waals surface area contributed by atoms with Crippen LogP contribution in [0.15, 0.2) is 18.3 Å². The van der Waals surface area contributed by atoms with Gasteiger partial charge in [0.15, 0.2) is 8.24 Å². The fourth-order valence-corrected chi connectivity index (χ4v) is 11.4. The molecular formula is C18H26ClFNSi. The third-order valence-electron chi connectivity index (χ3n) is 5.12. The molecule has 0 bridgehead atoms. The first-order chi connectivity index (χ1) is 10.1. The molecule has 1 aromatic heterocycles. The SMILES string of the molecule is [CH2]c1cc2c(Cl)cn([Si](C(C)C)(C(C)C)C(C)C)c2cc1F. The Morgan fingerprint density at radius 3 is 2.00 bits per heavy atom. The number of nitrogens with zero attached hydrogens (tertiary/aromatic N) is 1. The number of aromatic nitrogens is 1. The van der Waals surface area contributed by atoms with Crippen molar-refractivity contribution in [2.24, 2.45) is 0 Å². The third-order valence-corrected chi connectivity index (χ3v) is 12.2. The van der Waals surface area contributed by atoms with E-state index in [1.54, 1.807) is 12.1 Å². The molecule has 2 rings (SSSR count). The van der Waals surface area contributed by atoms with Gasteiger partial charge in [-0.1, -0.05) is 53.1 Å². The summed E-state index contributed by atoms with van der Waals surface area (Å²) in [6, 6.07) is 3.38. The first kappa shape index (κ1) is 17.5. The van der Waals surface area contributed by atoms with Crippen molar-refractivity contribution in [3.05, 3.63) is 41.7 Å². The first-order valence-electron chi connectivity index (χ1n) is 7.96. The molecule has 0 saturated carbocycles. The van der Waals surface area contributed by atoms with Crippen LogP contribution < -0.4 is 0 Å². The van der Waals surface area contributed by atoms with Gasteiger partial charge in [0.2, 0.25) is 0 Å². The van der Waals surface area contributed by atoms with Gasteiger partial charge in [0.1, 0.15) is 5.82 Å². The van der Waals surface area contributed by atoms with Crippen molar-refractivity contribution in [1.82, 2.24) is 4.23 Å².